The van der Waals surface area contributed by atoms with Crippen LogP contribution in [0.25, 0.3) is 0 Å². The normalized spacial score (nSPS) is 21.3. The van der Waals surface area contributed by atoms with Gasteiger partial charge in [0.05, 0.1) is 16.2 Å². The van der Waals surface area contributed by atoms with Gasteiger partial charge in [-0.15, -0.1) is 0 Å². The lowest BCUT2D eigenvalue weighted by molar-refractivity contribution is -0.117. The van der Waals surface area contributed by atoms with Crippen LogP contribution < -0.4 is 0 Å². The molecule has 1 N–H and O–H groups in total. The zero-order valence-electron chi connectivity index (χ0n) is 17.4. The molecule has 158 valence electrons. The largest absolute Gasteiger partial charge is 0.511 e. The van der Waals surface area contributed by atoms with Crippen molar-refractivity contribution < 1.29 is 18.3 Å². The molecule has 0 saturated heterocycles. The van der Waals surface area contributed by atoms with Crippen molar-refractivity contribution in [3.8, 4) is 0 Å². The van der Waals surface area contributed by atoms with E-state index in [1.165, 1.54) is 16.9 Å². The number of benzene rings is 1. The fourth-order valence-electron chi connectivity index (χ4n) is 4.10. The predicted molar refractivity (Wildman–Crippen MR) is 114 cm³/mol. The molecular weight excluding hydrogens is 388 g/mol. The Morgan fingerprint density at radius 2 is 1.72 bits per heavy atom. The van der Waals surface area contributed by atoms with Crippen LogP contribution in [-0.4, -0.2) is 42.9 Å². The number of Topliss-reactive ketones (excluding diaryl/α,β-unsaturated/α-hetero) is 1. The molecule has 1 aromatic rings. The fraction of sp³-hybridized carbons (Fsp3) is 0.545. The number of aliphatic hydroxyl groups excluding tert-OH is 1. The van der Waals surface area contributed by atoms with E-state index in [2.05, 4.69) is 4.99 Å². The van der Waals surface area contributed by atoms with E-state index in [0.29, 0.717) is 18.5 Å². The van der Waals surface area contributed by atoms with E-state index in [9.17, 15) is 18.3 Å². The Morgan fingerprint density at radius 3 is 2.31 bits per heavy atom. The van der Waals surface area contributed by atoms with Crippen LogP contribution in [0.1, 0.15) is 58.8 Å². The van der Waals surface area contributed by atoms with Crippen molar-refractivity contribution in [1.29, 1.82) is 0 Å². The lowest BCUT2D eigenvalue weighted by Gasteiger charge is -2.30. The van der Waals surface area contributed by atoms with Crippen LogP contribution in [0, 0.1) is 5.41 Å². The third-order valence-corrected chi connectivity index (χ3v) is 7.77. The summed E-state index contributed by atoms with van der Waals surface area (Å²) in [6.45, 7) is 3.89. The van der Waals surface area contributed by atoms with Gasteiger partial charge < -0.3 is 5.11 Å². The number of rotatable bonds is 5. The molecule has 0 amide bonds. The van der Waals surface area contributed by atoms with Gasteiger partial charge >= 0.3 is 0 Å². The molecule has 2 aliphatic rings. The minimum Gasteiger partial charge on any atom is -0.511 e. The summed E-state index contributed by atoms with van der Waals surface area (Å²) < 4.78 is 27.3. The molecule has 2 aliphatic carbocycles. The van der Waals surface area contributed by atoms with Crippen molar-refractivity contribution in [2.75, 3.05) is 7.05 Å². The van der Waals surface area contributed by atoms with Gasteiger partial charge in [0.25, 0.3) is 0 Å². The molecule has 0 aliphatic heterocycles. The molecule has 3 rings (SSSR count). The van der Waals surface area contributed by atoms with Gasteiger partial charge in [-0.2, -0.15) is 4.31 Å². The third kappa shape index (κ3) is 4.95. The first-order valence-electron chi connectivity index (χ1n) is 10.2. The molecule has 0 aromatic heterocycles. The maximum absolute atomic E-state index is 12.9. The van der Waals surface area contributed by atoms with Crippen LogP contribution in [0.2, 0.25) is 0 Å². The van der Waals surface area contributed by atoms with Crippen LogP contribution >= 0.6 is 0 Å². The van der Waals surface area contributed by atoms with Gasteiger partial charge in [-0.3, -0.25) is 9.79 Å². The first-order chi connectivity index (χ1) is 13.6. The summed E-state index contributed by atoms with van der Waals surface area (Å²) in [5, 5.41) is 10.2. The molecule has 0 spiro atoms. The summed E-state index contributed by atoms with van der Waals surface area (Å²) in [6.07, 6.45) is 7.29. The van der Waals surface area contributed by atoms with E-state index in [1.54, 1.807) is 31.3 Å². The molecule has 0 atom stereocenters. The Hall–Kier alpha value is -1.99. The Bertz CT molecular complexity index is 924. The topological polar surface area (TPSA) is 87.0 Å². The maximum atomic E-state index is 12.9. The van der Waals surface area contributed by atoms with Gasteiger partial charge in [0.15, 0.2) is 5.78 Å². The van der Waals surface area contributed by atoms with E-state index in [-0.39, 0.29) is 33.5 Å². The Labute approximate surface area is 173 Å². The monoisotopic (exact) mass is 418 g/mol. The van der Waals surface area contributed by atoms with Crippen LogP contribution in [-0.2, 0) is 14.8 Å². The Kier molecular flexibility index (Phi) is 6.29. The van der Waals surface area contributed by atoms with Crippen LogP contribution in [0.4, 0.5) is 5.69 Å². The average Bonchev–Trinajstić information content (AvgIpc) is 2.67. The maximum Gasteiger partial charge on any atom is 0.243 e. The van der Waals surface area contributed by atoms with E-state index in [0.717, 1.165) is 25.7 Å². The molecule has 1 aromatic carbocycles. The number of aliphatic hydroxyl groups is 1. The number of hydrogen-bond donors (Lipinski definition) is 1. The second-order valence-electron chi connectivity index (χ2n) is 8.87. The first kappa shape index (κ1) is 21.7. The third-order valence-electron chi connectivity index (χ3n) is 5.84. The minimum atomic E-state index is -3.54. The molecule has 6 nitrogen and oxygen atoms in total. The van der Waals surface area contributed by atoms with Gasteiger partial charge in [-0.05, 0) is 42.5 Å². The molecule has 29 heavy (non-hydrogen) atoms. The number of aliphatic imine (C=N–C) groups is 1. The summed E-state index contributed by atoms with van der Waals surface area (Å²) in [5.41, 5.74) is 0.513. The molecule has 1 saturated carbocycles. The minimum absolute atomic E-state index is 0.0583. The molecule has 0 unspecified atom stereocenters. The van der Waals surface area contributed by atoms with Crippen LogP contribution in [0.5, 0.6) is 0 Å². The van der Waals surface area contributed by atoms with Gasteiger partial charge in [0.1, 0.15) is 5.76 Å². The molecular formula is C22H30N2O4S. The van der Waals surface area contributed by atoms with Gasteiger partial charge in [0, 0.05) is 32.1 Å². The average molecular weight is 419 g/mol. The lowest BCUT2D eigenvalue weighted by atomic mass is 9.77. The number of ketones is 1. The van der Waals surface area contributed by atoms with Crippen molar-refractivity contribution in [2.45, 2.75) is 69.7 Å². The van der Waals surface area contributed by atoms with Gasteiger partial charge in [0.2, 0.25) is 10.0 Å². The number of carbonyl (C=O) groups is 1. The molecule has 1 fully saturated rings. The zero-order chi connectivity index (χ0) is 21.2. The van der Waals surface area contributed by atoms with Crippen molar-refractivity contribution in [3.05, 3.63) is 35.6 Å². The van der Waals surface area contributed by atoms with E-state index < -0.39 is 10.0 Å². The predicted octanol–water partition coefficient (Wildman–Crippen LogP) is 4.54. The summed E-state index contributed by atoms with van der Waals surface area (Å²) in [6, 6.07) is 6.38. The van der Waals surface area contributed by atoms with Gasteiger partial charge in [-0.25, -0.2) is 8.42 Å². The summed E-state index contributed by atoms with van der Waals surface area (Å²) in [7, 11) is -1.89. The summed E-state index contributed by atoms with van der Waals surface area (Å²) in [4.78, 5) is 16.8. The molecule has 0 radical (unpaired) electrons. The number of allylic oxidation sites excluding steroid dienone is 2. The number of hydrogen-bond acceptors (Lipinski definition) is 5. The second kappa shape index (κ2) is 8.40. The van der Waals surface area contributed by atoms with E-state index in [4.69, 9.17) is 0 Å². The van der Waals surface area contributed by atoms with Crippen molar-refractivity contribution in [3.63, 3.8) is 0 Å². The lowest BCUT2D eigenvalue weighted by Crippen LogP contribution is -2.38. The standard InChI is InChI=1S/C22H30N2O4S/c1-22(2)13-20(25)19(21(26)14-22)15-23-16-9-11-18(12-10-16)29(27,28)24(3)17-7-5-4-6-8-17/h9-12,15,17,25H,4-8,13-14H2,1-3H3. The van der Waals surface area contributed by atoms with Crippen LogP contribution in [0.3, 0.4) is 0 Å². The Balaban J connectivity index is 1.75. The highest BCUT2D eigenvalue weighted by molar-refractivity contribution is 7.89. The number of sulfonamides is 1. The highest BCUT2D eigenvalue weighted by atomic mass is 32.2. The van der Waals surface area contributed by atoms with E-state index in [1.807, 2.05) is 13.8 Å². The van der Waals surface area contributed by atoms with Gasteiger partial charge in [-0.1, -0.05) is 33.1 Å². The molecule has 0 heterocycles. The number of nitrogens with zero attached hydrogens (tertiary/aromatic N) is 2. The highest BCUT2D eigenvalue weighted by Crippen LogP contribution is 2.35. The van der Waals surface area contributed by atoms with Crippen molar-refractivity contribution >= 4 is 27.7 Å². The number of carbonyl (C=O) groups excluding carboxylic acids is 1. The highest BCUT2D eigenvalue weighted by Gasteiger charge is 2.32. The fourth-order valence-corrected chi connectivity index (χ4v) is 5.51. The van der Waals surface area contributed by atoms with Crippen LogP contribution in [0.15, 0.2) is 45.5 Å². The smallest absolute Gasteiger partial charge is 0.243 e. The second-order valence-corrected chi connectivity index (χ2v) is 10.9. The Morgan fingerprint density at radius 1 is 1.10 bits per heavy atom. The molecule has 7 heteroatoms. The quantitative estimate of drug-likeness (QED) is 0.711. The first-order valence-corrected chi connectivity index (χ1v) is 11.6. The van der Waals surface area contributed by atoms with Crippen molar-refractivity contribution in [2.24, 2.45) is 10.4 Å². The van der Waals surface area contributed by atoms with Crippen molar-refractivity contribution in [1.82, 2.24) is 4.31 Å². The molecule has 0 bridgehead atoms. The summed E-state index contributed by atoms with van der Waals surface area (Å²) in [5.74, 6) is -0.0703. The SMILES string of the molecule is CN(C1CCCCC1)S(=O)(=O)c1ccc(N=CC2=C(O)CC(C)(C)CC2=O)cc1. The van der Waals surface area contributed by atoms with E-state index >= 15 is 0 Å². The summed E-state index contributed by atoms with van der Waals surface area (Å²) >= 11 is 0. The zero-order valence-corrected chi connectivity index (χ0v) is 18.2.